The number of rotatable bonds is 5. The zero-order valence-corrected chi connectivity index (χ0v) is 11.7. The molecule has 0 amide bonds. The number of nitrogens with zero attached hydrogens (tertiary/aromatic N) is 2. The molecule has 0 aromatic heterocycles. The molecule has 2 N–H and O–H groups in total. The van der Waals surface area contributed by atoms with Crippen LogP contribution >= 0.6 is 0 Å². The number of hydrogen-bond acceptors (Lipinski definition) is 5. The number of likely N-dealkylation sites (N-methyl/N-ethyl adjacent to an activating group) is 1. The molecular formula is C14H21N3O2. The summed E-state index contributed by atoms with van der Waals surface area (Å²) in [7, 11) is 1.92. The Morgan fingerprint density at radius 1 is 1.42 bits per heavy atom. The van der Waals surface area contributed by atoms with E-state index in [1.54, 1.807) is 0 Å². The van der Waals surface area contributed by atoms with Gasteiger partial charge in [0.25, 0.3) is 0 Å². The van der Waals surface area contributed by atoms with Gasteiger partial charge in [0.1, 0.15) is 0 Å². The molecule has 2 unspecified atom stereocenters. The summed E-state index contributed by atoms with van der Waals surface area (Å²) >= 11 is 0. The minimum atomic E-state index is -0.658. The lowest BCUT2D eigenvalue weighted by atomic mass is 10.0. The van der Waals surface area contributed by atoms with E-state index in [-0.39, 0.29) is 6.23 Å². The third kappa shape index (κ3) is 3.24. The van der Waals surface area contributed by atoms with Crippen molar-refractivity contribution < 1.29 is 9.57 Å². The smallest absolute Gasteiger partial charge is 0.198 e. The molecular weight excluding hydrogens is 242 g/mol. The van der Waals surface area contributed by atoms with E-state index in [4.69, 9.17) is 15.3 Å². The highest BCUT2D eigenvalue weighted by Crippen LogP contribution is 2.17. The van der Waals surface area contributed by atoms with Crippen LogP contribution in [0.3, 0.4) is 0 Å². The Balaban J connectivity index is 1.88. The highest BCUT2D eigenvalue weighted by Gasteiger charge is 2.36. The maximum atomic E-state index is 6.26. The number of hydrogen-bond donors (Lipinski definition) is 1. The zero-order chi connectivity index (χ0) is 13.9. The first-order chi connectivity index (χ1) is 9.00. The summed E-state index contributed by atoms with van der Waals surface area (Å²) in [5.41, 5.74) is 6.73. The number of nitrogens with two attached hydrogens (primary N) is 1. The van der Waals surface area contributed by atoms with Crippen LogP contribution < -0.4 is 5.73 Å². The van der Waals surface area contributed by atoms with Crippen molar-refractivity contribution >= 4 is 5.84 Å². The predicted molar refractivity (Wildman–Crippen MR) is 74.4 cm³/mol. The number of ether oxygens (including phenoxy) is 1. The molecule has 0 saturated carbocycles. The van der Waals surface area contributed by atoms with Gasteiger partial charge in [0.15, 0.2) is 12.1 Å². The van der Waals surface area contributed by atoms with Crippen molar-refractivity contribution in [3.05, 3.63) is 35.9 Å². The number of amidine groups is 1. The lowest BCUT2D eigenvalue weighted by molar-refractivity contribution is 0.0344. The van der Waals surface area contributed by atoms with Gasteiger partial charge in [0.05, 0.1) is 18.8 Å². The first-order valence-corrected chi connectivity index (χ1v) is 6.38. The molecule has 1 aromatic carbocycles. The van der Waals surface area contributed by atoms with Crippen LogP contribution in [0.2, 0.25) is 0 Å². The summed E-state index contributed by atoms with van der Waals surface area (Å²) in [6.45, 7) is 4.76. The first-order valence-electron chi connectivity index (χ1n) is 6.38. The van der Waals surface area contributed by atoms with Gasteiger partial charge in [-0.2, -0.15) is 0 Å². The number of benzene rings is 1. The largest absolute Gasteiger partial charge is 0.374 e. The molecule has 1 aliphatic rings. The van der Waals surface area contributed by atoms with E-state index in [9.17, 15) is 0 Å². The van der Waals surface area contributed by atoms with Gasteiger partial charge in [-0.25, -0.2) is 0 Å². The van der Waals surface area contributed by atoms with Gasteiger partial charge in [-0.1, -0.05) is 35.5 Å². The van der Waals surface area contributed by atoms with Crippen LogP contribution in [0.1, 0.15) is 19.4 Å². The van der Waals surface area contributed by atoms with Crippen molar-refractivity contribution in [3.63, 3.8) is 0 Å². The van der Waals surface area contributed by atoms with E-state index >= 15 is 0 Å². The summed E-state index contributed by atoms with van der Waals surface area (Å²) in [5, 5.41) is 4.03. The third-order valence-corrected chi connectivity index (χ3v) is 3.20. The Kier molecular flexibility index (Phi) is 4.07. The van der Waals surface area contributed by atoms with Crippen molar-refractivity contribution in [3.8, 4) is 0 Å². The van der Waals surface area contributed by atoms with E-state index < -0.39 is 5.54 Å². The Bertz CT molecular complexity index is 445. The minimum absolute atomic E-state index is 0.0769. The molecule has 104 valence electrons. The van der Waals surface area contributed by atoms with E-state index in [2.05, 4.69) is 5.16 Å². The van der Waals surface area contributed by atoms with Crippen molar-refractivity contribution in [1.82, 2.24) is 4.90 Å². The molecule has 19 heavy (non-hydrogen) atoms. The van der Waals surface area contributed by atoms with Gasteiger partial charge in [-0.05, 0) is 19.4 Å². The Labute approximate surface area is 114 Å². The molecule has 0 spiro atoms. The molecule has 5 heteroatoms. The summed E-state index contributed by atoms with van der Waals surface area (Å²) in [6.07, 6.45) is -0.0769. The van der Waals surface area contributed by atoms with Crippen LogP contribution in [-0.2, 0) is 16.2 Å². The van der Waals surface area contributed by atoms with E-state index in [0.29, 0.717) is 19.0 Å². The van der Waals surface area contributed by atoms with Gasteiger partial charge in [0, 0.05) is 7.05 Å². The van der Waals surface area contributed by atoms with Gasteiger partial charge < -0.3 is 20.2 Å². The molecule has 1 aliphatic heterocycles. The monoisotopic (exact) mass is 263 g/mol. The van der Waals surface area contributed by atoms with Gasteiger partial charge in [-0.15, -0.1) is 0 Å². The average molecular weight is 263 g/mol. The van der Waals surface area contributed by atoms with Crippen LogP contribution in [0.4, 0.5) is 0 Å². The van der Waals surface area contributed by atoms with E-state index in [1.165, 1.54) is 0 Å². The molecule has 5 nitrogen and oxygen atoms in total. The van der Waals surface area contributed by atoms with Gasteiger partial charge in [0.2, 0.25) is 0 Å². The SMILES string of the molecule is CC1ON=C(C(C)(N)COCc2ccccc2)N1C. The fourth-order valence-corrected chi connectivity index (χ4v) is 1.96. The third-order valence-electron chi connectivity index (χ3n) is 3.20. The van der Waals surface area contributed by atoms with Crippen molar-refractivity contribution in [2.75, 3.05) is 13.7 Å². The molecule has 0 saturated heterocycles. The van der Waals surface area contributed by atoms with Crippen LogP contribution in [-0.4, -0.2) is 36.2 Å². The highest BCUT2D eigenvalue weighted by molar-refractivity contribution is 5.91. The average Bonchev–Trinajstić information content (AvgIpc) is 2.72. The molecule has 0 radical (unpaired) electrons. The molecule has 0 aliphatic carbocycles. The minimum Gasteiger partial charge on any atom is -0.374 e. The summed E-state index contributed by atoms with van der Waals surface area (Å²) < 4.78 is 5.69. The van der Waals surface area contributed by atoms with Crippen LogP contribution in [0.15, 0.2) is 35.5 Å². The topological polar surface area (TPSA) is 60.1 Å². The maximum Gasteiger partial charge on any atom is 0.198 e. The second kappa shape index (κ2) is 5.59. The zero-order valence-electron chi connectivity index (χ0n) is 11.7. The second-order valence-electron chi connectivity index (χ2n) is 5.13. The normalized spacial score (nSPS) is 21.8. The van der Waals surface area contributed by atoms with Crippen LogP contribution in [0.5, 0.6) is 0 Å². The van der Waals surface area contributed by atoms with Crippen molar-refractivity contribution in [1.29, 1.82) is 0 Å². The highest BCUT2D eigenvalue weighted by atomic mass is 16.7. The Hall–Kier alpha value is -1.59. The van der Waals surface area contributed by atoms with E-state index in [1.807, 2.05) is 56.1 Å². The second-order valence-corrected chi connectivity index (χ2v) is 5.13. The lowest BCUT2D eigenvalue weighted by Crippen LogP contribution is -2.54. The maximum absolute atomic E-state index is 6.26. The quantitative estimate of drug-likeness (QED) is 0.875. The fourth-order valence-electron chi connectivity index (χ4n) is 1.96. The lowest BCUT2D eigenvalue weighted by Gasteiger charge is -2.28. The summed E-state index contributed by atoms with van der Waals surface area (Å²) in [5.74, 6) is 0.716. The van der Waals surface area contributed by atoms with Crippen LogP contribution in [0, 0.1) is 0 Å². The summed E-state index contributed by atoms with van der Waals surface area (Å²) in [4.78, 5) is 7.13. The van der Waals surface area contributed by atoms with Crippen molar-refractivity contribution in [2.24, 2.45) is 10.9 Å². The molecule has 2 atom stereocenters. The summed E-state index contributed by atoms with van der Waals surface area (Å²) in [6, 6.07) is 10.0. The molecule has 0 fully saturated rings. The van der Waals surface area contributed by atoms with Gasteiger partial charge >= 0.3 is 0 Å². The van der Waals surface area contributed by atoms with Crippen molar-refractivity contribution in [2.45, 2.75) is 32.2 Å². The first kappa shape index (κ1) is 13.8. The van der Waals surface area contributed by atoms with E-state index in [0.717, 1.165) is 5.56 Å². The Morgan fingerprint density at radius 3 is 2.68 bits per heavy atom. The van der Waals surface area contributed by atoms with Crippen LogP contribution in [0.25, 0.3) is 0 Å². The molecule has 1 aromatic rings. The molecule has 1 heterocycles. The molecule has 0 bridgehead atoms. The fraction of sp³-hybridized carbons (Fsp3) is 0.500. The van der Waals surface area contributed by atoms with Gasteiger partial charge in [-0.3, -0.25) is 0 Å². The number of oxime groups is 1. The molecule has 2 rings (SSSR count). The predicted octanol–water partition coefficient (Wildman–Crippen LogP) is 1.54. The standard InChI is InChI=1S/C14H21N3O2/c1-11-17(3)13(16-19-11)14(2,15)10-18-9-12-7-5-4-6-8-12/h4-8,11H,9-10,15H2,1-3H3. The Morgan fingerprint density at radius 2 is 2.11 bits per heavy atom.